The summed E-state index contributed by atoms with van der Waals surface area (Å²) >= 11 is 0. The molecular weight excluding hydrogens is 413 g/mol. The Balaban J connectivity index is 0.00000272. The molecule has 1 saturated heterocycles. The van der Waals surface area contributed by atoms with Crippen molar-refractivity contribution in [3.05, 3.63) is 47.9 Å². The number of aromatic nitrogens is 2. The number of β-lactam (4-membered cyclic amide) rings is 1. The van der Waals surface area contributed by atoms with E-state index in [-0.39, 0.29) is 41.3 Å². The summed E-state index contributed by atoms with van der Waals surface area (Å²) in [6.45, 7) is 1.52. The third-order valence-corrected chi connectivity index (χ3v) is 5.46. The smallest absolute Gasteiger partial charge is 0.543 e. The number of carbonyl (C=O) groups is 3. The third kappa shape index (κ3) is 4.11. The molecule has 1 fully saturated rings. The van der Waals surface area contributed by atoms with Crippen LogP contribution in [0.2, 0.25) is 0 Å². The molecule has 0 radical (unpaired) electrons. The molecule has 2 aromatic rings. The molecule has 156 valence electrons. The Bertz CT molecular complexity index is 1060. The van der Waals surface area contributed by atoms with Gasteiger partial charge in [0.1, 0.15) is 0 Å². The molecule has 0 bridgehead atoms. The molecule has 3 atom stereocenters. The van der Waals surface area contributed by atoms with Gasteiger partial charge in [-0.3, -0.25) is 10.1 Å². The van der Waals surface area contributed by atoms with E-state index in [1.54, 1.807) is 48.3 Å². The fourth-order valence-corrected chi connectivity index (χ4v) is 4.02. The summed E-state index contributed by atoms with van der Waals surface area (Å²) < 4.78 is 1.65. The van der Waals surface area contributed by atoms with Crippen LogP contribution in [0.25, 0.3) is 5.57 Å². The number of nitrogens with one attached hydrogen (secondary N) is 2. The van der Waals surface area contributed by atoms with Crippen molar-refractivity contribution >= 4 is 35.1 Å². The van der Waals surface area contributed by atoms with Crippen molar-refractivity contribution in [3.8, 4) is 0 Å². The molecule has 3 heterocycles. The van der Waals surface area contributed by atoms with Crippen LogP contribution in [0.4, 0.5) is 16.4 Å². The van der Waals surface area contributed by atoms with Crippen molar-refractivity contribution in [2.24, 2.45) is 13.0 Å². The van der Waals surface area contributed by atoms with Gasteiger partial charge in [-0.25, -0.2) is 9.78 Å². The van der Waals surface area contributed by atoms with Gasteiger partial charge in [0.25, 0.3) is 0 Å². The second-order valence-electron chi connectivity index (χ2n) is 7.38. The first kappa shape index (κ1) is 23.0. The molecular formula is C20H20N5NaO5. The van der Waals surface area contributed by atoms with Gasteiger partial charge in [-0.2, -0.15) is 0 Å². The van der Waals surface area contributed by atoms with Gasteiger partial charge in [-0.1, -0.05) is 12.1 Å². The van der Waals surface area contributed by atoms with E-state index in [1.165, 1.54) is 11.8 Å². The molecule has 31 heavy (non-hydrogen) atoms. The summed E-state index contributed by atoms with van der Waals surface area (Å²) in [6.07, 6.45) is 2.72. The van der Waals surface area contributed by atoms with Crippen molar-refractivity contribution in [2.75, 3.05) is 10.6 Å². The molecule has 4 rings (SSSR count). The van der Waals surface area contributed by atoms with Gasteiger partial charge in [0.15, 0.2) is 0 Å². The number of benzene rings is 1. The van der Waals surface area contributed by atoms with Gasteiger partial charge in [-0.15, -0.1) is 0 Å². The summed E-state index contributed by atoms with van der Waals surface area (Å²) in [6, 6.07) is 5.75. The fraction of sp³-hybridized carbons (Fsp3) is 0.300. The van der Waals surface area contributed by atoms with E-state index >= 15 is 0 Å². The molecule has 0 aliphatic carbocycles. The zero-order valence-corrected chi connectivity index (χ0v) is 19.3. The standard InChI is InChI=1S/C20H21N5O5.Na/c1-10(26)15-14-9-13(16(18(28)29)25(14)17(15)27)11-3-5-12(6-4-11)22-20(30)23-19-21-7-8-24(19)2;/h3-8,10,14-15,26H,9H2,1-2H3,(H,28,29)(H2,21,22,23,30);/q;+1/p-1/t10-,14-,15+;/m1./s1. The van der Waals surface area contributed by atoms with E-state index in [0.717, 1.165) is 0 Å². The second-order valence-corrected chi connectivity index (χ2v) is 7.38. The zero-order chi connectivity index (χ0) is 21.6. The van der Waals surface area contributed by atoms with Crippen LogP contribution < -0.4 is 45.3 Å². The molecule has 1 aromatic heterocycles. The molecule has 0 spiro atoms. The number of aliphatic hydroxyl groups is 1. The molecule has 2 aliphatic rings. The molecule has 11 heteroatoms. The first-order valence-electron chi connectivity index (χ1n) is 9.39. The van der Waals surface area contributed by atoms with Gasteiger partial charge in [0.05, 0.1) is 29.7 Å². The number of imidazole rings is 1. The SMILES string of the molecule is C[C@@H](O)[C@@H]1C(=O)N2C(C(=O)[O-])=C(c3ccc(NC(=O)Nc4nccn4C)cc3)C[C@H]12.[Na+]. The Kier molecular flexibility index (Phi) is 6.56. The number of anilines is 2. The second kappa shape index (κ2) is 8.83. The normalized spacial score (nSPS) is 20.5. The Morgan fingerprint density at radius 2 is 1.94 bits per heavy atom. The van der Waals surface area contributed by atoms with Crippen LogP contribution in [0, 0.1) is 5.92 Å². The summed E-state index contributed by atoms with van der Waals surface area (Å²) in [5.41, 5.74) is 1.42. The predicted octanol–water partition coefficient (Wildman–Crippen LogP) is -2.86. The number of amides is 3. The quantitative estimate of drug-likeness (QED) is 0.342. The Hall–Kier alpha value is -2.66. The number of carboxylic acids is 1. The van der Waals surface area contributed by atoms with E-state index in [9.17, 15) is 24.6 Å². The van der Waals surface area contributed by atoms with Crippen LogP contribution in [0.1, 0.15) is 18.9 Å². The van der Waals surface area contributed by atoms with Crippen molar-refractivity contribution in [1.29, 1.82) is 0 Å². The van der Waals surface area contributed by atoms with Crippen molar-refractivity contribution in [1.82, 2.24) is 14.5 Å². The van der Waals surface area contributed by atoms with E-state index in [2.05, 4.69) is 15.6 Å². The summed E-state index contributed by atoms with van der Waals surface area (Å²) in [4.78, 5) is 41.3. The average Bonchev–Trinajstić information content (AvgIpc) is 3.23. The maximum Gasteiger partial charge on any atom is 1.00 e. The monoisotopic (exact) mass is 433 g/mol. The van der Waals surface area contributed by atoms with Crippen molar-refractivity contribution in [2.45, 2.75) is 25.5 Å². The molecule has 3 N–H and O–H groups in total. The largest absolute Gasteiger partial charge is 1.00 e. The minimum absolute atomic E-state index is 0. The number of hydrogen-bond donors (Lipinski definition) is 3. The van der Waals surface area contributed by atoms with Gasteiger partial charge in [0.2, 0.25) is 11.9 Å². The number of aliphatic carboxylic acids is 1. The van der Waals surface area contributed by atoms with Crippen LogP contribution in [-0.4, -0.2) is 49.6 Å². The van der Waals surface area contributed by atoms with Crippen LogP contribution in [0.3, 0.4) is 0 Å². The number of nitrogens with zero attached hydrogens (tertiary/aromatic N) is 3. The minimum atomic E-state index is -1.43. The van der Waals surface area contributed by atoms with Crippen molar-refractivity contribution < 1.29 is 54.2 Å². The van der Waals surface area contributed by atoms with Gasteiger partial charge < -0.3 is 29.8 Å². The Labute approximate surface area is 200 Å². The first-order valence-corrected chi connectivity index (χ1v) is 9.39. The number of hydrogen-bond acceptors (Lipinski definition) is 6. The molecule has 1 aromatic carbocycles. The predicted molar refractivity (Wildman–Crippen MR) is 105 cm³/mol. The third-order valence-electron chi connectivity index (χ3n) is 5.46. The number of aryl methyl sites for hydroxylation is 1. The minimum Gasteiger partial charge on any atom is -0.543 e. The summed E-state index contributed by atoms with van der Waals surface area (Å²) in [7, 11) is 1.75. The molecule has 10 nitrogen and oxygen atoms in total. The molecule has 0 unspecified atom stereocenters. The average molecular weight is 433 g/mol. The summed E-state index contributed by atoms with van der Waals surface area (Å²) in [5.74, 6) is -2.07. The van der Waals surface area contributed by atoms with Gasteiger partial charge in [-0.05, 0) is 36.6 Å². The molecule has 0 saturated carbocycles. The number of carbonyl (C=O) groups excluding carboxylic acids is 3. The van der Waals surface area contributed by atoms with Crippen molar-refractivity contribution in [3.63, 3.8) is 0 Å². The van der Waals surface area contributed by atoms with E-state index < -0.39 is 29.9 Å². The Morgan fingerprint density at radius 1 is 1.26 bits per heavy atom. The topological polar surface area (TPSA) is 140 Å². The van der Waals surface area contributed by atoms with Crippen LogP contribution in [-0.2, 0) is 16.6 Å². The van der Waals surface area contributed by atoms with Crippen LogP contribution >= 0.6 is 0 Å². The van der Waals surface area contributed by atoms with Gasteiger partial charge in [0, 0.05) is 25.1 Å². The number of rotatable bonds is 5. The number of urea groups is 1. The maximum absolute atomic E-state index is 12.3. The number of aliphatic hydroxyl groups excluding tert-OH is 1. The van der Waals surface area contributed by atoms with E-state index in [0.29, 0.717) is 29.2 Å². The molecule has 2 aliphatic heterocycles. The zero-order valence-electron chi connectivity index (χ0n) is 17.3. The summed E-state index contributed by atoms with van der Waals surface area (Å²) in [5, 5.41) is 26.8. The number of fused-ring (bicyclic) bond motifs is 1. The van der Waals surface area contributed by atoms with E-state index in [4.69, 9.17) is 0 Å². The first-order chi connectivity index (χ1) is 14.3. The number of carboxylic acid groups (broad SMARTS) is 1. The van der Waals surface area contributed by atoms with E-state index in [1.807, 2.05) is 0 Å². The fourth-order valence-electron chi connectivity index (χ4n) is 4.02. The Morgan fingerprint density at radius 3 is 2.48 bits per heavy atom. The molecule has 3 amide bonds. The maximum atomic E-state index is 12.3. The van der Waals surface area contributed by atoms with Crippen LogP contribution in [0.5, 0.6) is 0 Å². The van der Waals surface area contributed by atoms with Gasteiger partial charge >= 0.3 is 35.6 Å². The van der Waals surface area contributed by atoms with Crippen LogP contribution in [0.15, 0.2) is 42.4 Å².